The highest BCUT2D eigenvalue weighted by Gasteiger charge is 2.21. The number of rotatable bonds is 12. The molecular weight excluding hydrogens is 332 g/mol. The second kappa shape index (κ2) is 12.1. The molecule has 0 amide bonds. The summed E-state index contributed by atoms with van der Waals surface area (Å²) in [5, 5.41) is 12.8. The molecule has 2 N–H and O–H groups in total. The van der Waals surface area contributed by atoms with Crippen molar-refractivity contribution in [1.29, 1.82) is 0 Å². The molecule has 0 aromatic heterocycles. The maximum atomic E-state index is 14.4. The summed E-state index contributed by atoms with van der Waals surface area (Å²) >= 11 is 0. The average Bonchev–Trinajstić information content (AvgIpc) is 2.61. The van der Waals surface area contributed by atoms with Gasteiger partial charge < -0.3 is 10.4 Å². The van der Waals surface area contributed by atoms with Crippen molar-refractivity contribution in [2.24, 2.45) is 5.92 Å². The number of benzene rings is 1. The Kier molecular flexibility index (Phi) is 10.5. The number of aliphatic hydroxyl groups is 1. The van der Waals surface area contributed by atoms with Crippen LogP contribution >= 0.6 is 0 Å². The summed E-state index contributed by atoms with van der Waals surface area (Å²) in [4.78, 5) is 0. The highest BCUT2D eigenvalue weighted by Crippen LogP contribution is 2.26. The van der Waals surface area contributed by atoms with E-state index in [4.69, 9.17) is 0 Å². The van der Waals surface area contributed by atoms with Crippen molar-refractivity contribution in [3.05, 3.63) is 41.0 Å². The molecule has 0 saturated heterocycles. The van der Waals surface area contributed by atoms with E-state index in [1.165, 1.54) is 37.5 Å². The Morgan fingerprint density at radius 3 is 2.38 bits per heavy atom. The van der Waals surface area contributed by atoms with Crippen LogP contribution in [0.15, 0.2) is 18.2 Å². The van der Waals surface area contributed by atoms with Gasteiger partial charge in [-0.2, -0.15) is 0 Å². The molecule has 148 valence electrons. The van der Waals surface area contributed by atoms with E-state index in [-0.39, 0.29) is 23.8 Å². The third-order valence-corrected chi connectivity index (χ3v) is 5.02. The molecule has 0 aliphatic heterocycles. The lowest BCUT2D eigenvalue weighted by atomic mass is 9.87. The van der Waals surface area contributed by atoms with Gasteiger partial charge in [0.1, 0.15) is 11.6 Å². The van der Waals surface area contributed by atoms with Gasteiger partial charge in [0.15, 0.2) is 0 Å². The first-order chi connectivity index (χ1) is 12.5. The van der Waals surface area contributed by atoms with E-state index in [1.807, 2.05) is 0 Å². The van der Waals surface area contributed by atoms with Gasteiger partial charge in [0.2, 0.25) is 0 Å². The molecule has 2 nitrogen and oxygen atoms in total. The van der Waals surface area contributed by atoms with E-state index >= 15 is 0 Å². The summed E-state index contributed by atoms with van der Waals surface area (Å²) in [6, 6.07) is 2.61. The van der Waals surface area contributed by atoms with Gasteiger partial charge in [-0.3, -0.25) is 0 Å². The normalized spacial score (nSPS) is 14.3. The topological polar surface area (TPSA) is 32.3 Å². The van der Waals surface area contributed by atoms with E-state index in [1.54, 1.807) is 6.92 Å². The van der Waals surface area contributed by atoms with Crippen molar-refractivity contribution in [3.8, 4) is 0 Å². The Balaban J connectivity index is 3.05. The van der Waals surface area contributed by atoms with Crippen LogP contribution in [0, 0.1) is 24.5 Å². The molecule has 1 aromatic carbocycles. The van der Waals surface area contributed by atoms with Crippen LogP contribution < -0.4 is 5.32 Å². The van der Waals surface area contributed by atoms with Crippen molar-refractivity contribution < 1.29 is 13.9 Å². The first-order valence-electron chi connectivity index (χ1n) is 10.0. The molecule has 1 aromatic rings. The quantitative estimate of drug-likeness (QED) is 0.446. The summed E-state index contributed by atoms with van der Waals surface area (Å²) in [6.07, 6.45) is 9.35. The van der Waals surface area contributed by atoms with Crippen molar-refractivity contribution >= 4 is 5.70 Å². The van der Waals surface area contributed by atoms with Gasteiger partial charge in [0, 0.05) is 17.3 Å². The Hall–Kier alpha value is -1.42. The third kappa shape index (κ3) is 6.71. The van der Waals surface area contributed by atoms with Crippen molar-refractivity contribution in [3.63, 3.8) is 0 Å². The number of hydrogen-bond acceptors (Lipinski definition) is 2. The summed E-state index contributed by atoms with van der Waals surface area (Å²) in [5.74, 6) is -0.422. The van der Waals surface area contributed by atoms with Crippen LogP contribution in [0.4, 0.5) is 8.78 Å². The maximum absolute atomic E-state index is 14.4. The Bertz CT molecular complexity index is 572. The van der Waals surface area contributed by atoms with Crippen molar-refractivity contribution in [2.45, 2.75) is 78.7 Å². The van der Waals surface area contributed by atoms with Gasteiger partial charge in [-0.25, -0.2) is 8.78 Å². The monoisotopic (exact) mass is 367 g/mol. The highest BCUT2D eigenvalue weighted by molar-refractivity contribution is 5.65. The second-order valence-corrected chi connectivity index (χ2v) is 7.09. The molecule has 1 rings (SSSR count). The zero-order valence-corrected chi connectivity index (χ0v) is 16.7. The van der Waals surface area contributed by atoms with Crippen LogP contribution in [0.25, 0.3) is 5.70 Å². The summed E-state index contributed by atoms with van der Waals surface area (Å²) in [6.45, 7) is 7.82. The molecule has 0 bridgehead atoms. The number of aliphatic hydroxyl groups excluding tert-OH is 1. The van der Waals surface area contributed by atoms with Crippen LogP contribution in [0.1, 0.15) is 76.8 Å². The average molecular weight is 368 g/mol. The van der Waals surface area contributed by atoms with Crippen LogP contribution in [-0.2, 0) is 0 Å². The molecule has 0 spiro atoms. The molecule has 4 heteroatoms. The minimum absolute atomic E-state index is 0.174. The Morgan fingerprint density at radius 2 is 1.81 bits per heavy atom. The molecule has 0 saturated carbocycles. The van der Waals surface area contributed by atoms with Crippen molar-refractivity contribution in [1.82, 2.24) is 5.32 Å². The Morgan fingerprint density at radius 1 is 1.08 bits per heavy atom. The zero-order chi connectivity index (χ0) is 19.5. The molecule has 0 fully saturated rings. The molecule has 0 heterocycles. The fourth-order valence-corrected chi connectivity index (χ4v) is 3.52. The zero-order valence-electron chi connectivity index (χ0n) is 16.7. The van der Waals surface area contributed by atoms with Gasteiger partial charge >= 0.3 is 0 Å². The molecule has 2 unspecified atom stereocenters. The highest BCUT2D eigenvalue weighted by atomic mass is 19.1. The van der Waals surface area contributed by atoms with E-state index in [9.17, 15) is 13.9 Å². The fourth-order valence-electron chi connectivity index (χ4n) is 3.52. The predicted octanol–water partition coefficient (Wildman–Crippen LogP) is 5.97. The summed E-state index contributed by atoms with van der Waals surface area (Å²) in [7, 11) is 0. The van der Waals surface area contributed by atoms with E-state index in [2.05, 4.69) is 26.1 Å². The number of nitrogens with one attached hydrogen (secondary N) is 1. The maximum Gasteiger partial charge on any atom is 0.132 e. The standard InChI is InChI=1S/C22H35F2NO/c1-5-8-9-11-17(10-6-2)21(7-3)25-22(12-13-26)18-15-19(23)16(4)14-20(18)24/h12,14-15,17,21,25-26H,5-11,13H2,1-4H3/b22-12+. The van der Waals surface area contributed by atoms with E-state index < -0.39 is 11.6 Å². The molecular formula is C22H35F2NO. The summed E-state index contributed by atoms with van der Waals surface area (Å²) < 4.78 is 28.4. The number of halogens is 2. The Labute approximate surface area is 157 Å². The molecule has 2 atom stereocenters. The number of unbranched alkanes of at least 4 members (excludes halogenated alkanes) is 2. The lowest BCUT2D eigenvalue weighted by Gasteiger charge is -2.29. The second-order valence-electron chi connectivity index (χ2n) is 7.09. The molecule has 0 aliphatic carbocycles. The molecule has 0 radical (unpaired) electrons. The third-order valence-electron chi connectivity index (χ3n) is 5.02. The van der Waals surface area contributed by atoms with E-state index in [0.717, 1.165) is 25.7 Å². The fraction of sp³-hybridized carbons (Fsp3) is 0.636. The van der Waals surface area contributed by atoms with E-state index in [0.29, 0.717) is 11.6 Å². The lowest BCUT2D eigenvalue weighted by Crippen LogP contribution is -2.35. The minimum Gasteiger partial charge on any atom is -0.392 e. The summed E-state index contributed by atoms with van der Waals surface area (Å²) in [5.41, 5.74) is 0.946. The van der Waals surface area contributed by atoms with Crippen LogP contribution in [-0.4, -0.2) is 17.8 Å². The first kappa shape index (κ1) is 22.6. The number of hydrogen-bond donors (Lipinski definition) is 2. The SMILES string of the molecule is CCCCCC(CCC)C(CC)N/C(=C/CO)c1cc(F)c(C)cc1F. The van der Waals surface area contributed by atoms with Gasteiger partial charge in [-0.1, -0.05) is 46.5 Å². The lowest BCUT2D eigenvalue weighted by molar-refractivity contribution is 0.319. The first-order valence-corrected chi connectivity index (χ1v) is 10.0. The number of aryl methyl sites for hydroxylation is 1. The van der Waals surface area contributed by atoms with Crippen LogP contribution in [0.5, 0.6) is 0 Å². The predicted molar refractivity (Wildman–Crippen MR) is 106 cm³/mol. The molecule has 26 heavy (non-hydrogen) atoms. The van der Waals surface area contributed by atoms with Gasteiger partial charge in [-0.15, -0.1) is 0 Å². The van der Waals surface area contributed by atoms with Crippen molar-refractivity contribution in [2.75, 3.05) is 6.61 Å². The minimum atomic E-state index is -0.469. The smallest absolute Gasteiger partial charge is 0.132 e. The van der Waals surface area contributed by atoms with Gasteiger partial charge in [0.25, 0.3) is 0 Å². The largest absolute Gasteiger partial charge is 0.392 e. The van der Waals surface area contributed by atoms with Gasteiger partial charge in [0.05, 0.1) is 6.61 Å². The van der Waals surface area contributed by atoms with Crippen LogP contribution in [0.2, 0.25) is 0 Å². The molecule has 0 aliphatic rings. The van der Waals surface area contributed by atoms with Gasteiger partial charge in [-0.05, 0) is 55.9 Å². The van der Waals surface area contributed by atoms with Crippen LogP contribution in [0.3, 0.4) is 0 Å².